The molecule has 1 unspecified atom stereocenters. The van der Waals surface area contributed by atoms with Crippen LogP contribution in [0.4, 0.5) is 0 Å². The molecule has 9 heteroatoms. The molecule has 0 saturated carbocycles. The number of aliphatic hydroxyl groups excluding tert-OH is 1. The second-order valence-electron chi connectivity index (χ2n) is 14.0. The van der Waals surface area contributed by atoms with Gasteiger partial charge in [-0.2, -0.15) is 0 Å². The summed E-state index contributed by atoms with van der Waals surface area (Å²) in [7, 11) is 1.55. The van der Waals surface area contributed by atoms with E-state index in [4.69, 9.17) is 9.05 Å². The third kappa shape index (κ3) is 31.6. The lowest BCUT2D eigenvalue weighted by Crippen LogP contribution is -2.46. The van der Waals surface area contributed by atoms with Gasteiger partial charge in [-0.15, -0.1) is 0 Å². The molecule has 0 bridgehead atoms. The molecule has 0 aromatic heterocycles. The number of phosphoric acid groups is 1. The first kappa shape index (κ1) is 45.0. The Labute approximate surface area is 284 Å². The number of aliphatic hydroxyl groups is 1. The molecule has 8 nitrogen and oxygen atoms in total. The zero-order chi connectivity index (χ0) is 34.4. The van der Waals surface area contributed by atoms with E-state index in [0.29, 0.717) is 17.4 Å². The maximum Gasteiger partial charge on any atom is 0.472 e. The Balaban J connectivity index is 4.62. The number of likely N-dealkylation sites (N-methyl/N-ethyl adjacent to an activating group) is 1. The Morgan fingerprint density at radius 3 is 1.65 bits per heavy atom. The van der Waals surface area contributed by atoms with Crippen LogP contribution in [0.15, 0.2) is 24.3 Å². The highest BCUT2D eigenvalue weighted by Gasteiger charge is 2.28. The molecule has 0 spiro atoms. The summed E-state index contributed by atoms with van der Waals surface area (Å²) in [4.78, 5) is 22.9. The number of amides is 1. The molecule has 1 amide bonds. The van der Waals surface area contributed by atoms with E-state index in [1.807, 2.05) is 39.4 Å². The number of hydrogen-bond donors (Lipinski definition) is 3. The Morgan fingerprint density at radius 2 is 1.17 bits per heavy atom. The number of allylic oxidation sites excluding steroid dienone is 2. The van der Waals surface area contributed by atoms with Crippen LogP contribution in [-0.2, 0) is 18.4 Å². The molecule has 46 heavy (non-hydrogen) atoms. The van der Waals surface area contributed by atoms with Gasteiger partial charge in [-0.1, -0.05) is 141 Å². The van der Waals surface area contributed by atoms with Gasteiger partial charge >= 0.3 is 7.82 Å². The number of carbonyl (C=O) groups excluding carboxylic acids is 1. The number of nitrogens with zero attached hydrogens (tertiary/aromatic N) is 1. The predicted molar refractivity (Wildman–Crippen MR) is 194 cm³/mol. The van der Waals surface area contributed by atoms with Gasteiger partial charge in [0, 0.05) is 6.42 Å². The van der Waals surface area contributed by atoms with Gasteiger partial charge in [0.05, 0.1) is 39.9 Å². The molecule has 0 saturated heterocycles. The van der Waals surface area contributed by atoms with E-state index in [1.165, 1.54) is 103 Å². The molecule has 3 N–H and O–H groups in total. The van der Waals surface area contributed by atoms with Crippen molar-refractivity contribution in [2.24, 2.45) is 0 Å². The van der Waals surface area contributed by atoms with Gasteiger partial charge < -0.3 is 19.8 Å². The maximum absolute atomic E-state index is 12.7. The molecule has 3 atom stereocenters. The fraction of sp³-hybridized carbons (Fsp3) is 0.865. The summed E-state index contributed by atoms with van der Waals surface area (Å²) >= 11 is 0. The Bertz CT molecular complexity index is 814. The highest BCUT2D eigenvalue weighted by Crippen LogP contribution is 2.43. The highest BCUT2D eigenvalue weighted by atomic mass is 31.2. The summed E-state index contributed by atoms with van der Waals surface area (Å²) < 4.78 is 23.4. The molecular weight excluding hydrogens is 599 g/mol. The lowest BCUT2D eigenvalue weighted by Gasteiger charge is -2.26. The molecule has 272 valence electrons. The first-order valence-electron chi connectivity index (χ1n) is 18.7. The minimum absolute atomic E-state index is 0.0577. The summed E-state index contributed by atoms with van der Waals surface area (Å²) in [5, 5.41) is 13.7. The fourth-order valence-electron chi connectivity index (χ4n) is 5.13. The lowest BCUT2D eigenvalue weighted by atomic mass is 10.1. The first-order valence-corrected chi connectivity index (χ1v) is 20.2. The Hall–Kier alpha value is -1.02. The minimum Gasteiger partial charge on any atom is -0.391 e. The second kappa shape index (κ2) is 30.1. The van der Waals surface area contributed by atoms with Gasteiger partial charge in [0.25, 0.3) is 0 Å². The van der Waals surface area contributed by atoms with Crippen LogP contribution >= 0.6 is 7.82 Å². The number of rotatable bonds is 33. The SMILES string of the molecule is CCCCCCCCCCC=CCC(=O)N[C@@H](COP(=O)(O)OCC[N+](C)(C)C)[C@H](O)CC=CCCCCCCCCCCCC. The monoisotopic (exact) mass is 674 g/mol. The van der Waals surface area contributed by atoms with E-state index in [-0.39, 0.29) is 25.5 Å². The van der Waals surface area contributed by atoms with Crippen molar-refractivity contribution in [3.8, 4) is 0 Å². The average Bonchev–Trinajstić information content (AvgIpc) is 2.99. The number of quaternary nitrogens is 1. The number of carbonyl (C=O) groups is 1. The molecule has 0 aromatic carbocycles. The van der Waals surface area contributed by atoms with Crippen LogP contribution in [0.25, 0.3) is 0 Å². The fourth-order valence-corrected chi connectivity index (χ4v) is 5.86. The summed E-state index contributed by atoms with van der Waals surface area (Å²) in [6.45, 7) is 4.76. The minimum atomic E-state index is -4.33. The van der Waals surface area contributed by atoms with Gasteiger partial charge in [-0.3, -0.25) is 13.8 Å². The summed E-state index contributed by atoms with van der Waals surface area (Å²) in [5.41, 5.74) is 0. The predicted octanol–water partition coefficient (Wildman–Crippen LogP) is 9.41. The van der Waals surface area contributed by atoms with E-state index in [9.17, 15) is 19.4 Å². The van der Waals surface area contributed by atoms with E-state index >= 15 is 0 Å². The van der Waals surface area contributed by atoms with Gasteiger partial charge in [-0.05, 0) is 32.1 Å². The molecule has 0 aromatic rings. The van der Waals surface area contributed by atoms with Crippen LogP contribution in [0.1, 0.15) is 155 Å². The molecule has 0 heterocycles. The number of nitrogens with one attached hydrogen (secondary N) is 1. The smallest absolute Gasteiger partial charge is 0.391 e. The van der Waals surface area contributed by atoms with Gasteiger partial charge in [0.15, 0.2) is 0 Å². The first-order chi connectivity index (χ1) is 22.0. The number of phosphoric ester groups is 1. The highest BCUT2D eigenvalue weighted by molar-refractivity contribution is 7.47. The van der Waals surface area contributed by atoms with Crippen LogP contribution in [0.5, 0.6) is 0 Å². The standard InChI is InChI=1S/C37H73N2O6P/c1-6-8-10-12-14-16-18-19-21-22-24-26-28-30-36(40)35(34-45-46(42,43)44-33-32-39(3,4)5)38-37(41)31-29-27-25-23-20-17-15-13-11-9-7-2/h26-29,35-36,40H,6-25,30-34H2,1-5H3,(H-,38,41,42,43)/p+1/t35-,36+/m0/s1. The van der Waals surface area contributed by atoms with E-state index < -0.39 is 20.0 Å². The van der Waals surface area contributed by atoms with Gasteiger partial charge in [0.2, 0.25) is 5.91 Å². The van der Waals surface area contributed by atoms with Crippen LogP contribution in [0.3, 0.4) is 0 Å². The van der Waals surface area contributed by atoms with Crippen LogP contribution in [0, 0.1) is 0 Å². The van der Waals surface area contributed by atoms with Crippen molar-refractivity contribution in [3.05, 3.63) is 24.3 Å². The van der Waals surface area contributed by atoms with Crippen molar-refractivity contribution < 1.29 is 32.9 Å². The van der Waals surface area contributed by atoms with Crippen LogP contribution in [-0.4, -0.2) is 73.4 Å². The van der Waals surface area contributed by atoms with Gasteiger partial charge in [0.1, 0.15) is 13.2 Å². The maximum atomic E-state index is 12.7. The molecule has 0 aliphatic carbocycles. The van der Waals surface area contributed by atoms with Crippen LogP contribution < -0.4 is 5.32 Å². The zero-order valence-corrected chi connectivity index (χ0v) is 31.5. The molecule has 0 aliphatic rings. The average molecular weight is 674 g/mol. The van der Waals surface area contributed by atoms with Gasteiger partial charge in [-0.25, -0.2) is 4.57 Å². The third-order valence-corrected chi connectivity index (χ3v) is 9.19. The molecule has 0 rings (SSSR count). The van der Waals surface area contributed by atoms with E-state index in [0.717, 1.165) is 25.7 Å². The molecule has 0 fully saturated rings. The number of unbranched alkanes of at least 4 members (excludes halogenated alkanes) is 18. The van der Waals surface area contributed by atoms with Crippen molar-refractivity contribution in [1.82, 2.24) is 5.32 Å². The quantitative estimate of drug-likeness (QED) is 0.0278. The molecule has 0 aliphatic heterocycles. The van der Waals surface area contributed by atoms with Crippen molar-refractivity contribution in [2.45, 2.75) is 167 Å². The van der Waals surface area contributed by atoms with Crippen molar-refractivity contribution in [1.29, 1.82) is 0 Å². The zero-order valence-electron chi connectivity index (χ0n) is 30.6. The Kier molecular flexibility index (Phi) is 29.4. The van der Waals surface area contributed by atoms with Crippen molar-refractivity contribution in [2.75, 3.05) is 40.9 Å². The topological polar surface area (TPSA) is 105 Å². The van der Waals surface area contributed by atoms with E-state index in [1.54, 1.807) is 0 Å². The van der Waals surface area contributed by atoms with Crippen molar-refractivity contribution >= 4 is 13.7 Å². The summed E-state index contributed by atoms with van der Waals surface area (Å²) in [6.07, 6.45) is 32.4. The Morgan fingerprint density at radius 1 is 0.717 bits per heavy atom. The lowest BCUT2D eigenvalue weighted by molar-refractivity contribution is -0.870. The summed E-state index contributed by atoms with van der Waals surface area (Å²) in [5.74, 6) is -0.257. The molecular formula is C37H74N2O6P+. The second-order valence-corrected chi connectivity index (χ2v) is 15.4. The summed E-state index contributed by atoms with van der Waals surface area (Å²) in [6, 6.07) is -0.835. The van der Waals surface area contributed by atoms with Crippen LogP contribution in [0.2, 0.25) is 0 Å². The van der Waals surface area contributed by atoms with E-state index in [2.05, 4.69) is 25.2 Å². The normalized spacial score (nSPS) is 15.0. The largest absolute Gasteiger partial charge is 0.472 e. The third-order valence-electron chi connectivity index (χ3n) is 8.21. The molecule has 0 radical (unpaired) electrons. The number of hydrogen-bond acceptors (Lipinski definition) is 5. The van der Waals surface area contributed by atoms with Crippen molar-refractivity contribution in [3.63, 3.8) is 0 Å².